The zero-order chi connectivity index (χ0) is 10.4. The summed E-state index contributed by atoms with van der Waals surface area (Å²) in [7, 11) is 0. The molecule has 1 aromatic rings. The van der Waals surface area contributed by atoms with Gasteiger partial charge in [-0.3, -0.25) is 4.79 Å². The Labute approximate surface area is 87.1 Å². The smallest absolute Gasteiger partial charge is 0.234 e. The number of nitrogens with one attached hydrogen (secondary N) is 1. The van der Waals surface area contributed by atoms with Gasteiger partial charge in [-0.25, -0.2) is 4.39 Å². The Balaban J connectivity index is 2.35. The second-order valence-corrected chi connectivity index (χ2v) is 3.13. The standard InChI is InChI=1S/C10H11ClFNO/c11-7-10(14)13-5-4-8-2-1-3-9(12)6-8/h1-3,6H,4-5,7H2,(H,13,14). The molecule has 0 heterocycles. The van der Waals surface area contributed by atoms with Crippen LogP contribution in [0.5, 0.6) is 0 Å². The molecule has 0 atom stereocenters. The van der Waals surface area contributed by atoms with Crippen molar-refractivity contribution in [2.24, 2.45) is 0 Å². The van der Waals surface area contributed by atoms with Gasteiger partial charge in [0.1, 0.15) is 11.7 Å². The maximum absolute atomic E-state index is 12.7. The van der Waals surface area contributed by atoms with Crippen LogP contribution >= 0.6 is 11.6 Å². The van der Waals surface area contributed by atoms with Gasteiger partial charge >= 0.3 is 0 Å². The first-order valence-corrected chi connectivity index (χ1v) is 4.83. The van der Waals surface area contributed by atoms with Crippen LogP contribution in [0.3, 0.4) is 0 Å². The number of alkyl halides is 1. The Morgan fingerprint density at radius 2 is 2.29 bits per heavy atom. The predicted octanol–water partition coefficient (Wildman–Crippen LogP) is 1.72. The molecule has 1 rings (SSSR count). The van der Waals surface area contributed by atoms with E-state index in [4.69, 9.17) is 11.6 Å². The van der Waals surface area contributed by atoms with E-state index in [9.17, 15) is 9.18 Å². The molecule has 0 saturated carbocycles. The largest absolute Gasteiger partial charge is 0.355 e. The molecule has 0 unspecified atom stereocenters. The molecule has 0 aromatic heterocycles. The van der Waals surface area contributed by atoms with Crippen LogP contribution in [0.4, 0.5) is 4.39 Å². The summed E-state index contributed by atoms with van der Waals surface area (Å²) in [6.45, 7) is 0.481. The number of carbonyl (C=O) groups is 1. The average Bonchev–Trinajstić information content (AvgIpc) is 2.17. The lowest BCUT2D eigenvalue weighted by atomic mass is 10.1. The molecule has 0 aliphatic heterocycles. The molecule has 0 bridgehead atoms. The lowest BCUT2D eigenvalue weighted by Gasteiger charge is -2.02. The Morgan fingerprint density at radius 1 is 1.50 bits per heavy atom. The van der Waals surface area contributed by atoms with E-state index in [1.165, 1.54) is 12.1 Å². The fourth-order valence-corrected chi connectivity index (χ4v) is 1.18. The van der Waals surface area contributed by atoms with Gasteiger partial charge in [0.25, 0.3) is 0 Å². The first kappa shape index (κ1) is 11.0. The minimum atomic E-state index is -0.258. The molecule has 76 valence electrons. The van der Waals surface area contributed by atoms with Gasteiger partial charge in [-0.15, -0.1) is 11.6 Å². The number of hydrogen-bond acceptors (Lipinski definition) is 1. The Bertz CT molecular complexity index is 317. The fourth-order valence-electron chi connectivity index (χ4n) is 1.09. The lowest BCUT2D eigenvalue weighted by Crippen LogP contribution is -2.26. The Kier molecular flexibility index (Phi) is 4.40. The molecule has 0 aliphatic rings. The minimum absolute atomic E-state index is 0.0385. The third kappa shape index (κ3) is 3.75. The summed E-state index contributed by atoms with van der Waals surface area (Å²) in [4.78, 5) is 10.8. The minimum Gasteiger partial charge on any atom is -0.355 e. The molecular weight excluding hydrogens is 205 g/mol. The van der Waals surface area contributed by atoms with Crippen LogP contribution in [0.1, 0.15) is 5.56 Å². The molecular formula is C10H11ClFNO. The first-order valence-electron chi connectivity index (χ1n) is 4.29. The molecule has 0 radical (unpaired) electrons. The van der Waals surface area contributed by atoms with Crippen molar-refractivity contribution < 1.29 is 9.18 Å². The molecule has 1 amide bonds. The number of benzene rings is 1. The Hall–Kier alpha value is -1.09. The van der Waals surface area contributed by atoms with Crippen molar-refractivity contribution in [1.82, 2.24) is 5.32 Å². The van der Waals surface area contributed by atoms with E-state index >= 15 is 0 Å². The summed E-state index contributed by atoms with van der Waals surface area (Å²) < 4.78 is 12.7. The van der Waals surface area contributed by atoms with Crippen molar-refractivity contribution in [3.05, 3.63) is 35.6 Å². The molecule has 14 heavy (non-hydrogen) atoms. The predicted molar refractivity (Wildman–Crippen MR) is 53.8 cm³/mol. The van der Waals surface area contributed by atoms with Crippen molar-refractivity contribution in [3.63, 3.8) is 0 Å². The van der Waals surface area contributed by atoms with Gasteiger partial charge in [-0.1, -0.05) is 12.1 Å². The normalized spacial score (nSPS) is 9.86. The summed E-state index contributed by atoms with van der Waals surface area (Å²) in [5.74, 6) is -0.502. The van der Waals surface area contributed by atoms with Gasteiger partial charge in [0.2, 0.25) is 5.91 Å². The average molecular weight is 216 g/mol. The van der Waals surface area contributed by atoms with Gasteiger partial charge < -0.3 is 5.32 Å². The monoisotopic (exact) mass is 215 g/mol. The highest BCUT2D eigenvalue weighted by molar-refractivity contribution is 6.27. The van der Waals surface area contributed by atoms with E-state index in [-0.39, 0.29) is 17.6 Å². The second-order valence-electron chi connectivity index (χ2n) is 2.86. The summed E-state index contributed by atoms with van der Waals surface area (Å²) in [6.07, 6.45) is 0.611. The van der Waals surface area contributed by atoms with Crippen molar-refractivity contribution in [2.45, 2.75) is 6.42 Å². The van der Waals surface area contributed by atoms with Gasteiger partial charge in [0, 0.05) is 6.54 Å². The van der Waals surface area contributed by atoms with Crippen molar-refractivity contribution >= 4 is 17.5 Å². The van der Waals surface area contributed by atoms with Gasteiger partial charge in [-0.05, 0) is 24.1 Å². The Morgan fingerprint density at radius 3 is 2.93 bits per heavy atom. The number of hydrogen-bond donors (Lipinski definition) is 1. The molecule has 4 heteroatoms. The zero-order valence-corrected chi connectivity index (χ0v) is 8.35. The lowest BCUT2D eigenvalue weighted by molar-refractivity contribution is -0.118. The summed E-state index contributed by atoms with van der Waals surface area (Å²) in [6, 6.07) is 6.30. The quantitative estimate of drug-likeness (QED) is 0.762. The summed E-state index contributed by atoms with van der Waals surface area (Å²) >= 11 is 5.29. The number of rotatable bonds is 4. The zero-order valence-electron chi connectivity index (χ0n) is 7.59. The molecule has 0 spiro atoms. The van der Waals surface area contributed by atoms with Crippen LogP contribution in [-0.2, 0) is 11.2 Å². The summed E-state index contributed by atoms with van der Waals surface area (Å²) in [5.41, 5.74) is 0.861. The van der Waals surface area contributed by atoms with E-state index in [2.05, 4.69) is 5.32 Å². The molecule has 0 aliphatic carbocycles. The molecule has 0 fully saturated rings. The maximum atomic E-state index is 12.7. The number of amides is 1. The van der Waals surface area contributed by atoms with Gasteiger partial charge in [0.05, 0.1) is 0 Å². The van der Waals surface area contributed by atoms with Crippen molar-refractivity contribution in [2.75, 3.05) is 12.4 Å². The van der Waals surface area contributed by atoms with E-state index in [0.717, 1.165) is 5.56 Å². The van der Waals surface area contributed by atoms with Crippen LogP contribution in [0.15, 0.2) is 24.3 Å². The van der Waals surface area contributed by atoms with Crippen LogP contribution in [0.2, 0.25) is 0 Å². The van der Waals surface area contributed by atoms with Crippen molar-refractivity contribution in [1.29, 1.82) is 0 Å². The highest BCUT2D eigenvalue weighted by Crippen LogP contribution is 2.03. The number of carbonyl (C=O) groups excluding carboxylic acids is 1. The molecule has 0 saturated heterocycles. The van der Waals surface area contributed by atoms with Crippen LogP contribution in [0.25, 0.3) is 0 Å². The second kappa shape index (κ2) is 5.60. The van der Waals surface area contributed by atoms with E-state index < -0.39 is 0 Å². The van der Waals surface area contributed by atoms with E-state index in [1.54, 1.807) is 6.07 Å². The van der Waals surface area contributed by atoms with Crippen LogP contribution in [-0.4, -0.2) is 18.3 Å². The van der Waals surface area contributed by atoms with Crippen LogP contribution in [0, 0.1) is 5.82 Å². The van der Waals surface area contributed by atoms with Crippen molar-refractivity contribution in [3.8, 4) is 0 Å². The van der Waals surface area contributed by atoms with Crippen LogP contribution < -0.4 is 5.32 Å². The third-order valence-electron chi connectivity index (χ3n) is 1.75. The third-order valence-corrected chi connectivity index (χ3v) is 1.99. The molecule has 1 aromatic carbocycles. The topological polar surface area (TPSA) is 29.1 Å². The van der Waals surface area contributed by atoms with E-state index in [0.29, 0.717) is 13.0 Å². The van der Waals surface area contributed by atoms with E-state index in [1.807, 2.05) is 6.07 Å². The van der Waals surface area contributed by atoms with Gasteiger partial charge in [-0.2, -0.15) is 0 Å². The fraction of sp³-hybridized carbons (Fsp3) is 0.300. The highest BCUT2D eigenvalue weighted by Gasteiger charge is 1.98. The number of halogens is 2. The molecule has 2 nitrogen and oxygen atoms in total. The molecule has 1 N–H and O–H groups in total. The van der Waals surface area contributed by atoms with Gasteiger partial charge in [0.15, 0.2) is 0 Å². The first-order chi connectivity index (χ1) is 6.72. The summed E-state index contributed by atoms with van der Waals surface area (Å²) in [5, 5.41) is 2.61. The highest BCUT2D eigenvalue weighted by atomic mass is 35.5. The maximum Gasteiger partial charge on any atom is 0.234 e. The SMILES string of the molecule is O=C(CCl)NCCc1cccc(F)c1.